The smallest absolute Gasteiger partial charge is 0.248 e. The Bertz CT molecular complexity index is 478. The summed E-state index contributed by atoms with van der Waals surface area (Å²) < 4.78 is 11.3. The second-order valence-corrected chi connectivity index (χ2v) is 6.36. The number of aryl methyl sites for hydroxylation is 1. The van der Waals surface area contributed by atoms with Gasteiger partial charge in [0, 0.05) is 39.6 Å². The van der Waals surface area contributed by atoms with Crippen molar-refractivity contribution in [3.05, 3.63) is 29.3 Å². The molecule has 0 atom stereocenters. The van der Waals surface area contributed by atoms with Crippen LogP contribution in [0.5, 0.6) is 0 Å². The maximum absolute atomic E-state index is 11.3. The molecule has 0 spiro atoms. The van der Waals surface area contributed by atoms with Crippen LogP contribution >= 0.6 is 0 Å². The Morgan fingerprint density at radius 1 is 1.39 bits per heavy atom. The Labute approximate surface area is 109 Å². The molecule has 0 unspecified atom stereocenters. The zero-order valence-electron chi connectivity index (χ0n) is 10.4. The first kappa shape index (κ1) is 13.1. The van der Waals surface area contributed by atoms with Crippen molar-refractivity contribution < 1.29 is 9.00 Å². The molecule has 1 fully saturated rings. The number of nitrogens with two attached hydrogens (primary N) is 1. The molecule has 1 aromatic rings. The van der Waals surface area contributed by atoms with Crippen LogP contribution in [0.15, 0.2) is 18.2 Å². The van der Waals surface area contributed by atoms with Gasteiger partial charge < -0.3 is 11.1 Å². The highest BCUT2D eigenvalue weighted by Crippen LogP contribution is 2.20. The highest BCUT2D eigenvalue weighted by atomic mass is 32.2. The molecule has 1 amide bonds. The monoisotopic (exact) mass is 266 g/mol. The van der Waals surface area contributed by atoms with Crippen molar-refractivity contribution in [3.8, 4) is 0 Å². The average molecular weight is 266 g/mol. The minimum Gasteiger partial charge on any atom is -0.382 e. The number of primary amides is 1. The largest absolute Gasteiger partial charge is 0.382 e. The topological polar surface area (TPSA) is 72.2 Å². The second kappa shape index (κ2) is 5.52. The molecule has 0 radical (unpaired) electrons. The lowest BCUT2D eigenvalue weighted by Crippen LogP contribution is -2.29. The lowest BCUT2D eigenvalue weighted by Gasteiger charge is -2.24. The van der Waals surface area contributed by atoms with E-state index in [0.717, 1.165) is 35.6 Å². The molecule has 0 aromatic heterocycles. The number of hydrogen-bond acceptors (Lipinski definition) is 3. The first-order valence-corrected chi connectivity index (χ1v) is 7.57. The van der Waals surface area contributed by atoms with Crippen molar-refractivity contribution in [2.75, 3.05) is 16.8 Å². The zero-order chi connectivity index (χ0) is 13.1. The van der Waals surface area contributed by atoms with Crippen LogP contribution in [0.4, 0.5) is 5.69 Å². The maximum Gasteiger partial charge on any atom is 0.248 e. The molecule has 98 valence electrons. The number of hydrogen-bond donors (Lipinski definition) is 2. The van der Waals surface area contributed by atoms with Gasteiger partial charge in [0.25, 0.3) is 0 Å². The Balaban J connectivity index is 2.05. The maximum atomic E-state index is 11.3. The fourth-order valence-electron chi connectivity index (χ4n) is 2.14. The van der Waals surface area contributed by atoms with Crippen molar-refractivity contribution in [3.63, 3.8) is 0 Å². The molecule has 1 aliphatic rings. The fourth-order valence-corrected chi connectivity index (χ4v) is 3.44. The lowest BCUT2D eigenvalue weighted by molar-refractivity contribution is 0.1000. The van der Waals surface area contributed by atoms with E-state index < -0.39 is 16.7 Å². The Morgan fingerprint density at radius 3 is 2.61 bits per heavy atom. The average Bonchev–Trinajstić information content (AvgIpc) is 2.34. The summed E-state index contributed by atoms with van der Waals surface area (Å²) in [6, 6.07) is 5.80. The van der Waals surface area contributed by atoms with Crippen LogP contribution in [-0.2, 0) is 10.8 Å². The molecule has 18 heavy (non-hydrogen) atoms. The molecule has 5 heteroatoms. The van der Waals surface area contributed by atoms with Crippen LogP contribution < -0.4 is 11.1 Å². The Morgan fingerprint density at radius 2 is 2.06 bits per heavy atom. The molecule has 0 saturated carbocycles. The Kier molecular flexibility index (Phi) is 4.01. The number of anilines is 1. The predicted molar refractivity (Wildman–Crippen MR) is 74.2 cm³/mol. The van der Waals surface area contributed by atoms with Gasteiger partial charge in [-0.25, -0.2) is 0 Å². The van der Waals surface area contributed by atoms with Gasteiger partial charge in [0.2, 0.25) is 5.91 Å². The van der Waals surface area contributed by atoms with E-state index in [2.05, 4.69) is 5.32 Å². The molecule has 0 aliphatic carbocycles. The van der Waals surface area contributed by atoms with Gasteiger partial charge in [-0.05, 0) is 43.5 Å². The van der Waals surface area contributed by atoms with Crippen LogP contribution in [0.2, 0.25) is 0 Å². The van der Waals surface area contributed by atoms with E-state index in [4.69, 9.17) is 5.73 Å². The van der Waals surface area contributed by atoms with Crippen molar-refractivity contribution in [1.82, 2.24) is 0 Å². The first-order chi connectivity index (χ1) is 8.56. The SMILES string of the molecule is Cc1cc(C(N)=O)ccc1NC1CCS(=O)CC1. The summed E-state index contributed by atoms with van der Waals surface area (Å²) in [6.45, 7) is 1.95. The molecule has 1 saturated heterocycles. The van der Waals surface area contributed by atoms with E-state index in [1.807, 2.05) is 13.0 Å². The lowest BCUT2D eigenvalue weighted by atomic mass is 10.1. The number of rotatable bonds is 3. The highest BCUT2D eigenvalue weighted by Gasteiger charge is 2.18. The standard InChI is InChI=1S/C13H18N2O2S/c1-9-8-10(13(14)16)2-3-12(9)15-11-4-6-18(17)7-5-11/h2-3,8,11,15H,4-7H2,1H3,(H2,14,16). The van der Waals surface area contributed by atoms with E-state index in [1.54, 1.807) is 12.1 Å². The van der Waals surface area contributed by atoms with Gasteiger partial charge in [0.05, 0.1) is 0 Å². The summed E-state index contributed by atoms with van der Waals surface area (Å²) in [5, 5.41) is 3.45. The number of benzene rings is 1. The van der Waals surface area contributed by atoms with Gasteiger partial charge in [-0.3, -0.25) is 9.00 Å². The van der Waals surface area contributed by atoms with Crippen molar-refractivity contribution in [2.45, 2.75) is 25.8 Å². The third-order valence-corrected chi connectivity index (χ3v) is 4.64. The molecule has 0 bridgehead atoms. The first-order valence-electron chi connectivity index (χ1n) is 6.08. The molecule has 3 N–H and O–H groups in total. The fraction of sp³-hybridized carbons (Fsp3) is 0.462. The van der Waals surface area contributed by atoms with Crippen LogP contribution in [0.3, 0.4) is 0 Å². The minimum atomic E-state index is -0.635. The van der Waals surface area contributed by atoms with Crippen LogP contribution in [0.1, 0.15) is 28.8 Å². The van der Waals surface area contributed by atoms with Crippen LogP contribution in [0, 0.1) is 6.92 Å². The van der Waals surface area contributed by atoms with E-state index >= 15 is 0 Å². The van der Waals surface area contributed by atoms with Gasteiger partial charge in [0.1, 0.15) is 0 Å². The summed E-state index contributed by atoms with van der Waals surface area (Å²) in [6.07, 6.45) is 1.87. The summed E-state index contributed by atoms with van der Waals surface area (Å²) >= 11 is 0. The van der Waals surface area contributed by atoms with Crippen LogP contribution in [0.25, 0.3) is 0 Å². The molecular weight excluding hydrogens is 248 g/mol. The molecule has 4 nitrogen and oxygen atoms in total. The highest BCUT2D eigenvalue weighted by molar-refractivity contribution is 7.85. The van der Waals surface area contributed by atoms with E-state index in [0.29, 0.717) is 11.6 Å². The molecule has 1 aliphatic heterocycles. The normalized spacial score (nSPS) is 23.6. The number of amides is 1. The van der Waals surface area contributed by atoms with E-state index in [-0.39, 0.29) is 0 Å². The van der Waals surface area contributed by atoms with E-state index in [1.165, 1.54) is 0 Å². The van der Waals surface area contributed by atoms with Crippen molar-refractivity contribution in [2.24, 2.45) is 5.73 Å². The van der Waals surface area contributed by atoms with Gasteiger partial charge in [-0.1, -0.05) is 0 Å². The van der Waals surface area contributed by atoms with Gasteiger partial charge >= 0.3 is 0 Å². The number of carbonyl (C=O) groups is 1. The van der Waals surface area contributed by atoms with Crippen LogP contribution in [-0.4, -0.2) is 27.7 Å². The number of carbonyl (C=O) groups excluding carboxylic acids is 1. The molecule has 2 rings (SSSR count). The summed E-state index contributed by atoms with van der Waals surface area (Å²) in [5.74, 6) is 1.14. The Hall–Kier alpha value is -1.36. The predicted octanol–water partition coefficient (Wildman–Crippen LogP) is 1.42. The van der Waals surface area contributed by atoms with Gasteiger partial charge in [-0.2, -0.15) is 0 Å². The third kappa shape index (κ3) is 3.10. The number of nitrogens with one attached hydrogen (secondary N) is 1. The zero-order valence-corrected chi connectivity index (χ0v) is 11.3. The van der Waals surface area contributed by atoms with E-state index in [9.17, 15) is 9.00 Å². The second-order valence-electron chi connectivity index (χ2n) is 4.66. The molecule has 1 aromatic carbocycles. The molecular formula is C13H18N2O2S. The van der Waals surface area contributed by atoms with Crippen molar-refractivity contribution >= 4 is 22.4 Å². The van der Waals surface area contributed by atoms with Gasteiger partial charge in [-0.15, -0.1) is 0 Å². The summed E-state index contributed by atoms with van der Waals surface area (Å²) in [7, 11) is -0.635. The quantitative estimate of drug-likeness (QED) is 0.869. The summed E-state index contributed by atoms with van der Waals surface area (Å²) in [5.41, 5.74) is 7.81. The summed E-state index contributed by atoms with van der Waals surface area (Å²) in [4.78, 5) is 11.1. The van der Waals surface area contributed by atoms with Gasteiger partial charge in [0.15, 0.2) is 0 Å². The third-order valence-electron chi connectivity index (χ3n) is 3.26. The minimum absolute atomic E-state index is 0.376. The van der Waals surface area contributed by atoms with Crippen molar-refractivity contribution in [1.29, 1.82) is 0 Å². The molecule has 1 heterocycles.